The number of anilines is 1. The normalized spacial score (nSPS) is 10.2. The number of halogens is 2. The van der Waals surface area contributed by atoms with E-state index in [-0.39, 0.29) is 22.9 Å². The lowest BCUT2D eigenvalue weighted by atomic mass is 10.1. The number of benzene rings is 2. The van der Waals surface area contributed by atoms with Crippen molar-refractivity contribution in [1.29, 1.82) is 0 Å². The highest BCUT2D eigenvalue weighted by Gasteiger charge is 2.17. The van der Waals surface area contributed by atoms with Gasteiger partial charge >= 0.3 is 5.97 Å². The zero-order valence-corrected chi connectivity index (χ0v) is 16.7. The van der Waals surface area contributed by atoms with Gasteiger partial charge in [0.15, 0.2) is 6.61 Å². The number of carbonyl (C=O) groups is 2. The van der Waals surface area contributed by atoms with Gasteiger partial charge in [-0.3, -0.25) is 4.79 Å². The summed E-state index contributed by atoms with van der Waals surface area (Å²) in [4.78, 5) is 23.9. The Labute approximate surface area is 164 Å². The Hall–Kier alpha value is -2.25. The van der Waals surface area contributed by atoms with Gasteiger partial charge in [0.2, 0.25) is 0 Å². The van der Waals surface area contributed by atoms with E-state index in [2.05, 4.69) is 26.0 Å². The molecule has 0 aromatic heterocycles. The van der Waals surface area contributed by atoms with Gasteiger partial charge in [-0.15, -0.1) is 0 Å². The van der Waals surface area contributed by atoms with Gasteiger partial charge in [-0.1, -0.05) is 17.7 Å². The second-order valence-electron chi connectivity index (χ2n) is 5.29. The Balaban J connectivity index is 2.09. The minimum atomic E-state index is -0.589. The van der Waals surface area contributed by atoms with Crippen molar-refractivity contribution in [2.45, 2.75) is 6.92 Å². The first-order chi connectivity index (χ1) is 12.3. The molecule has 2 aromatic carbocycles. The summed E-state index contributed by atoms with van der Waals surface area (Å²) in [6.07, 6.45) is 0. The fraction of sp³-hybridized carbons (Fsp3) is 0.222. The number of ether oxygens (including phenoxy) is 3. The summed E-state index contributed by atoms with van der Waals surface area (Å²) in [7, 11) is 2.66. The van der Waals surface area contributed by atoms with Gasteiger partial charge in [0.25, 0.3) is 5.91 Å². The van der Waals surface area contributed by atoms with Crippen LogP contribution in [0.2, 0.25) is 5.02 Å². The van der Waals surface area contributed by atoms with E-state index in [1.54, 1.807) is 6.07 Å². The fourth-order valence-electron chi connectivity index (χ4n) is 2.14. The highest BCUT2D eigenvalue weighted by Crippen LogP contribution is 2.31. The molecule has 0 aliphatic carbocycles. The largest absolute Gasteiger partial charge is 0.496 e. The number of carbonyl (C=O) groups excluding carboxylic acids is 2. The average molecular weight is 443 g/mol. The van der Waals surface area contributed by atoms with Crippen LogP contribution in [0.1, 0.15) is 15.9 Å². The van der Waals surface area contributed by atoms with Crippen LogP contribution in [-0.2, 0) is 9.53 Å². The van der Waals surface area contributed by atoms with Crippen molar-refractivity contribution in [1.82, 2.24) is 0 Å². The number of hydrogen-bond donors (Lipinski definition) is 1. The molecule has 0 radical (unpaired) electrons. The van der Waals surface area contributed by atoms with E-state index < -0.39 is 11.9 Å². The maximum Gasteiger partial charge on any atom is 0.341 e. The molecule has 0 spiro atoms. The number of nitrogens with one attached hydrogen (secondary N) is 1. The molecule has 0 saturated carbocycles. The quantitative estimate of drug-likeness (QED) is 0.678. The third-order valence-electron chi connectivity index (χ3n) is 3.41. The SMILES string of the molecule is COC(=O)c1cc(Cl)c(NC(=O)COc2ccc(C)cc2Br)cc1OC. The number of hydrogen-bond acceptors (Lipinski definition) is 5. The van der Waals surface area contributed by atoms with E-state index in [1.807, 2.05) is 19.1 Å². The summed E-state index contributed by atoms with van der Waals surface area (Å²) in [5, 5.41) is 2.80. The average Bonchev–Trinajstić information content (AvgIpc) is 2.61. The molecule has 0 bridgehead atoms. The highest BCUT2D eigenvalue weighted by molar-refractivity contribution is 9.10. The number of amides is 1. The maximum atomic E-state index is 12.1. The molecule has 0 saturated heterocycles. The van der Waals surface area contributed by atoms with E-state index in [4.69, 9.17) is 21.1 Å². The van der Waals surface area contributed by atoms with Crippen LogP contribution in [-0.4, -0.2) is 32.7 Å². The van der Waals surface area contributed by atoms with Gasteiger partial charge in [-0.05, 0) is 46.6 Å². The van der Waals surface area contributed by atoms with E-state index in [0.29, 0.717) is 11.4 Å². The number of rotatable bonds is 6. The number of methoxy groups -OCH3 is 2. The summed E-state index contributed by atoms with van der Waals surface area (Å²) < 4.78 is 16.1. The third kappa shape index (κ3) is 4.89. The molecule has 0 fully saturated rings. The molecule has 1 amide bonds. The predicted molar refractivity (Wildman–Crippen MR) is 102 cm³/mol. The van der Waals surface area contributed by atoms with Gasteiger partial charge < -0.3 is 19.5 Å². The van der Waals surface area contributed by atoms with E-state index in [9.17, 15) is 9.59 Å². The molecular weight excluding hydrogens is 426 g/mol. The van der Waals surface area contributed by atoms with Crippen molar-refractivity contribution in [3.05, 3.63) is 51.0 Å². The summed E-state index contributed by atoms with van der Waals surface area (Å²) >= 11 is 9.52. The van der Waals surface area contributed by atoms with E-state index in [1.165, 1.54) is 26.4 Å². The zero-order valence-electron chi connectivity index (χ0n) is 14.4. The second-order valence-corrected chi connectivity index (χ2v) is 6.56. The van der Waals surface area contributed by atoms with Crippen molar-refractivity contribution >= 4 is 45.1 Å². The van der Waals surface area contributed by atoms with Gasteiger partial charge in [0, 0.05) is 6.07 Å². The minimum Gasteiger partial charge on any atom is -0.496 e. The standard InChI is InChI=1S/C18H17BrClNO5/c1-10-4-5-15(12(19)6-10)26-9-17(22)21-14-8-16(24-2)11(7-13(14)20)18(23)25-3/h4-8H,9H2,1-3H3,(H,21,22). The Morgan fingerprint density at radius 2 is 1.88 bits per heavy atom. The first-order valence-corrected chi connectivity index (χ1v) is 8.67. The molecule has 6 nitrogen and oxygen atoms in total. The predicted octanol–water partition coefficient (Wildman–Crippen LogP) is 4.22. The van der Waals surface area contributed by atoms with Gasteiger partial charge in [-0.2, -0.15) is 0 Å². The van der Waals surface area contributed by atoms with Crippen LogP contribution in [0.5, 0.6) is 11.5 Å². The molecule has 0 unspecified atom stereocenters. The van der Waals surface area contributed by atoms with Crippen LogP contribution in [0.25, 0.3) is 0 Å². The van der Waals surface area contributed by atoms with Crippen molar-refractivity contribution in [3.63, 3.8) is 0 Å². The molecule has 26 heavy (non-hydrogen) atoms. The van der Waals surface area contributed by atoms with Crippen LogP contribution in [0.3, 0.4) is 0 Å². The lowest BCUT2D eigenvalue weighted by Crippen LogP contribution is -2.20. The van der Waals surface area contributed by atoms with Crippen LogP contribution in [0.15, 0.2) is 34.8 Å². The van der Waals surface area contributed by atoms with Crippen molar-refractivity contribution in [2.75, 3.05) is 26.1 Å². The molecule has 8 heteroatoms. The Bertz CT molecular complexity index is 841. The summed E-state index contributed by atoms with van der Waals surface area (Å²) in [5.41, 5.74) is 1.53. The topological polar surface area (TPSA) is 73.9 Å². The molecule has 0 heterocycles. The molecule has 0 aliphatic heterocycles. The van der Waals surface area contributed by atoms with Crippen molar-refractivity contribution < 1.29 is 23.8 Å². The lowest BCUT2D eigenvalue weighted by Gasteiger charge is -2.13. The van der Waals surface area contributed by atoms with Gasteiger partial charge in [0.1, 0.15) is 17.1 Å². The summed E-state index contributed by atoms with van der Waals surface area (Å²) in [6, 6.07) is 8.37. The molecule has 2 rings (SSSR count). The fourth-order valence-corrected chi connectivity index (χ4v) is 2.96. The zero-order chi connectivity index (χ0) is 19.3. The van der Waals surface area contributed by atoms with Gasteiger partial charge in [0.05, 0.1) is 29.4 Å². The monoisotopic (exact) mass is 441 g/mol. The van der Waals surface area contributed by atoms with Crippen LogP contribution >= 0.6 is 27.5 Å². The van der Waals surface area contributed by atoms with Crippen LogP contribution in [0.4, 0.5) is 5.69 Å². The minimum absolute atomic E-state index is 0.165. The molecule has 0 aliphatic rings. The molecule has 2 aromatic rings. The first-order valence-electron chi connectivity index (χ1n) is 7.50. The number of esters is 1. The third-order valence-corrected chi connectivity index (χ3v) is 4.35. The maximum absolute atomic E-state index is 12.1. The molecule has 0 atom stereocenters. The van der Waals surface area contributed by atoms with Crippen LogP contribution in [0, 0.1) is 6.92 Å². The molecule has 138 valence electrons. The molecular formula is C18H17BrClNO5. The summed E-state index contributed by atoms with van der Waals surface area (Å²) in [5.74, 6) is -0.212. The Morgan fingerprint density at radius 3 is 2.50 bits per heavy atom. The smallest absolute Gasteiger partial charge is 0.341 e. The van der Waals surface area contributed by atoms with E-state index >= 15 is 0 Å². The van der Waals surface area contributed by atoms with E-state index in [0.717, 1.165) is 10.0 Å². The number of aryl methyl sites for hydroxylation is 1. The van der Waals surface area contributed by atoms with Crippen LogP contribution < -0.4 is 14.8 Å². The van der Waals surface area contributed by atoms with Crippen molar-refractivity contribution in [3.8, 4) is 11.5 Å². The Morgan fingerprint density at radius 1 is 1.15 bits per heavy atom. The lowest BCUT2D eigenvalue weighted by molar-refractivity contribution is -0.118. The second kappa shape index (κ2) is 8.91. The molecule has 1 N–H and O–H groups in total. The van der Waals surface area contributed by atoms with Gasteiger partial charge in [-0.25, -0.2) is 4.79 Å². The first kappa shape index (κ1) is 20.1. The van der Waals surface area contributed by atoms with Crippen molar-refractivity contribution in [2.24, 2.45) is 0 Å². The Kier molecular flexibility index (Phi) is 6.88. The summed E-state index contributed by atoms with van der Waals surface area (Å²) in [6.45, 7) is 1.74. The highest BCUT2D eigenvalue weighted by atomic mass is 79.9.